The predicted molar refractivity (Wildman–Crippen MR) is 50.0 cm³/mol. The molecule has 0 fully saturated rings. The lowest BCUT2D eigenvalue weighted by Gasteiger charge is -2.08. The molecule has 0 spiro atoms. The molecule has 3 nitrogen and oxygen atoms in total. The second-order valence-electron chi connectivity index (χ2n) is 3.03. The summed E-state index contributed by atoms with van der Waals surface area (Å²) in [6, 6.07) is 8.39. The van der Waals surface area contributed by atoms with Gasteiger partial charge in [-0.15, -0.1) is 0 Å². The number of nitriles is 1. The Balaban J connectivity index is 2.30. The number of rotatable bonds is 4. The van der Waals surface area contributed by atoms with Crippen molar-refractivity contribution in [3.05, 3.63) is 35.4 Å². The van der Waals surface area contributed by atoms with Crippen LogP contribution in [-0.2, 0) is 11.4 Å². The van der Waals surface area contributed by atoms with Crippen LogP contribution < -0.4 is 5.48 Å². The zero-order valence-electron chi connectivity index (χ0n) is 8.21. The van der Waals surface area contributed by atoms with Gasteiger partial charge in [0, 0.05) is 6.54 Å². The van der Waals surface area contributed by atoms with Gasteiger partial charge in [0.1, 0.15) is 0 Å². The molecule has 0 saturated carbocycles. The Morgan fingerprint density at radius 2 is 1.88 bits per heavy atom. The first-order valence-corrected chi connectivity index (χ1v) is 4.42. The molecule has 1 rings (SSSR count). The monoisotopic (exact) mass is 230 g/mol. The Morgan fingerprint density at radius 1 is 1.25 bits per heavy atom. The molecule has 0 aliphatic carbocycles. The molecule has 0 aliphatic heterocycles. The normalized spacial score (nSPS) is 11.1. The molecule has 1 N–H and O–H groups in total. The molecule has 0 saturated heterocycles. The first kappa shape index (κ1) is 12.5. The van der Waals surface area contributed by atoms with Gasteiger partial charge in [0.05, 0.1) is 11.6 Å². The minimum Gasteiger partial charge on any atom is -0.292 e. The Hall–Kier alpha value is -1.58. The van der Waals surface area contributed by atoms with E-state index in [1.54, 1.807) is 24.3 Å². The van der Waals surface area contributed by atoms with Gasteiger partial charge in [0.15, 0.2) is 6.61 Å². The standard InChI is InChI=1S/C10H9F3N2O/c11-10(12,13)7-16-15-6-9-3-1-8(5-14)2-4-9/h1-4,15H,6-7H2. The Labute approximate surface area is 90.4 Å². The van der Waals surface area contributed by atoms with Crippen LogP contribution in [0.1, 0.15) is 11.1 Å². The lowest BCUT2D eigenvalue weighted by atomic mass is 10.1. The third kappa shape index (κ3) is 4.77. The second-order valence-corrected chi connectivity index (χ2v) is 3.03. The summed E-state index contributed by atoms with van der Waals surface area (Å²) >= 11 is 0. The highest BCUT2D eigenvalue weighted by Crippen LogP contribution is 2.13. The minimum atomic E-state index is -4.34. The molecule has 0 heterocycles. The van der Waals surface area contributed by atoms with Gasteiger partial charge in [0.2, 0.25) is 0 Å². The van der Waals surface area contributed by atoms with Crippen LogP contribution in [0.5, 0.6) is 0 Å². The highest BCUT2D eigenvalue weighted by atomic mass is 19.4. The number of hydrogen-bond donors (Lipinski definition) is 1. The van der Waals surface area contributed by atoms with E-state index in [1.165, 1.54) is 0 Å². The first-order valence-electron chi connectivity index (χ1n) is 4.42. The number of nitrogens with zero attached hydrogens (tertiary/aromatic N) is 1. The van der Waals surface area contributed by atoms with Crippen LogP contribution in [-0.4, -0.2) is 12.8 Å². The molecule has 0 unspecified atom stereocenters. The quantitative estimate of drug-likeness (QED) is 0.636. The number of hydroxylamine groups is 1. The Morgan fingerprint density at radius 3 is 2.38 bits per heavy atom. The summed E-state index contributed by atoms with van der Waals surface area (Å²) in [5.41, 5.74) is 3.43. The third-order valence-corrected chi connectivity index (χ3v) is 1.70. The molecule has 0 radical (unpaired) electrons. The van der Waals surface area contributed by atoms with Crippen LogP contribution in [0.15, 0.2) is 24.3 Å². The van der Waals surface area contributed by atoms with E-state index in [2.05, 4.69) is 10.3 Å². The maximum atomic E-state index is 11.7. The molecule has 0 bridgehead atoms. The van der Waals surface area contributed by atoms with Gasteiger partial charge in [-0.2, -0.15) is 23.9 Å². The fourth-order valence-corrected chi connectivity index (χ4v) is 0.964. The number of alkyl halides is 3. The minimum absolute atomic E-state index is 0.155. The van der Waals surface area contributed by atoms with Crippen molar-refractivity contribution in [1.29, 1.82) is 5.26 Å². The van der Waals surface area contributed by atoms with E-state index in [9.17, 15) is 13.2 Å². The largest absolute Gasteiger partial charge is 0.413 e. The maximum absolute atomic E-state index is 11.7. The maximum Gasteiger partial charge on any atom is 0.413 e. The van der Waals surface area contributed by atoms with Crippen LogP contribution in [0.3, 0.4) is 0 Å². The molecule has 1 aromatic carbocycles. The van der Waals surface area contributed by atoms with Crippen molar-refractivity contribution in [2.75, 3.05) is 6.61 Å². The van der Waals surface area contributed by atoms with Gasteiger partial charge in [-0.05, 0) is 17.7 Å². The summed E-state index contributed by atoms with van der Waals surface area (Å²) in [7, 11) is 0. The van der Waals surface area contributed by atoms with Crippen molar-refractivity contribution < 1.29 is 18.0 Å². The summed E-state index contributed by atoms with van der Waals surface area (Å²) in [5.74, 6) is 0. The molecule has 0 atom stereocenters. The summed E-state index contributed by atoms with van der Waals surface area (Å²) in [5, 5.41) is 8.52. The van der Waals surface area contributed by atoms with E-state index in [-0.39, 0.29) is 6.54 Å². The van der Waals surface area contributed by atoms with Crippen LogP contribution in [0.4, 0.5) is 13.2 Å². The molecular weight excluding hydrogens is 221 g/mol. The lowest BCUT2D eigenvalue weighted by molar-refractivity contribution is -0.190. The number of hydrogen-bond acceptors (Lipinski definition) is 3. The van der Waals surface area contributed by atoms with Gasteiger partial charge in [-0.25, -0.2) is 0 Å². The van der Waals surface area contributed by atoms with E-state index in [0.717, 1.165) is 5.56 Å². The smallest absolute Gasteiger partial charge is 0.292 e. The van der Waals surface area contributed by atoms with Crippen LogP contribution >= 0.6 is 0 Å². The lowest BCUT2D eigenvalue weighted by Crippen LogP contribution is -2.24. The first-order chi connectivity index (χ1) is 7.51. The van der Waals surface area contributed by atoms with E-state index >= 15 is 0 Å². The predicted octanol–water partition coefficient (Wildman–Crippen LogP) is 2.14. The molecule has 6 heteroatoms. The molecule has 16 heavy (non-hydrogen) atoms. The zero-order chi connectivity index (χ0) is 12.0. The average Bonchev–Trinajstić information content (AvgIpc) is 2.24. The van der Waals surface area contributed by atoms with E-state index in [1.807, 2.05) is 6.07 Å². The average molecular weight is 230 g/mol. The molecule has 0 aliphatic rings. The molecule has 0 aromatic heterocycles. The molecule has 86 valence electrons. The number of nitrogens with one attached hydrogen (secondary N) is 1. The Kier molecular flexibility index (Phi) is 4.28. The van der Waals surface area contributed by atoms with Gasteiger partial charge in [0.25, 0.3) is 0 Å². The topological polar surface area (TPSA) is 45.0 Å². The third-order valence-electron chi connectivity index (χ3n) is 1.70. The van der Waals surface area contributed by atoms with Gasteiger partial charge < -0.3 is 0 Å². The molecular formula is C10H9F3N2O. The highest BCUT2D eigenvalue weighted by Gasteiger charge is 2.27. The molecule has 1 aromatic rings. The van der Waals surface area contributed by atoms with Gasteiger partial charge in [-0.3, -0.25) is 4.84 Å². The van der Waals surface area contributed by atoms with E-state index in [0.29, 0.717) is 5.56 Å². The zero-order valence-corrected chi connectivity index (χ0v) is 8.21. The summed E-state index contributed by atoms with van der Waals surface area (Å²) in [6.45, 7) is -1.18. The second kappa shape index (κ2) is 5.49. The van der Waals surface area contributed by atoms with Crippen molar-refractivity contribution in [3.63, 3.8) is 0 Å². The Bertz CT molecular complexity index is 367. The van der Waals surface area contributed by atoms with Crippen LogP contribution in [0.25, 0.3) is 0 Å². The highest BCUT2D eigenvalue weighted by molar-refractivity contribution is 5.31. The summed E-state index contributed by atoms with van der Waals surface area (Å²) in [4.78, 5) is 4.22. The van der Waals surface area contributed by atoms with E-state index < -0.39 is 12.8 Å². The number of benzene rings is 1. The van der Waals surface area contributed by atoms with Crippen LogP contribution in [0, 0.1) is 11.3 Å². The van der Waals surface area contributed by atoms with Crippen molar-refractivity contribution in [1.82, 2.24) is 5.48 Å². The fraction of sp³-hybridized carbons (Fsp3) is 0.300. The van der Waals surface area contributed by atoms with Crippen molar-refractivity contribution in [3.8, 4) is 6.07 Å². The van der Waals surface area contributed by atoms with Gasteiger partial charge in [-0.1, -0.05) is 12.1 Å². The van der Waals surface area contributed by atoms with Crippen molar-refractivity contribution in [2.24, 2.45) is 0 Å². The summed E-state index contributed by atoms with van der Waals surface area (Å²) in [6.07, 6.45) is -4.34. The van der Waals surface area contributed by atoms with Gasteiger partial charge >= 0.3 is 6.18 Å². The molecule has 0 amide bonds. The fourth-order valence-electron chi connectivity index (χ4n) is 0.964. The van der Waals surface area contributed by atoms with Crippen LogP contribution in [0.2, 0.25) is 0 Å². The van der Waals surface area contributed by atoms with Crippen molar-refractivity contribution >= 4 is 0 Å². The SMILES string of the molecule is N#Cc1ccc(CNOCC(F)(F)F)cc1. The van der Waals surface area contributed by atoms with E-state index in [4.69, 9.17) is 5.26 Å². The summed E-state index contributed by atoms with van der Waals surface area (Å²) < 4.78 is 35.0. The van der Waals surface area contributed by atoms with Crippen molar-refractivity contribution in [2.45, 2.75) is 12.7 Å². The number of halogens is 3.